The molecule has 64 valence electrons. The van der Waals surface area contributed by atoms with E-state index in [2.05, 4.69) is 4.74 Å². The van der Waals surface area contributed by atoms with E-state index in [1.54, 1.807) is 0 Å². The van der Waals surface area contributed by atoms with Crippen LogP contribution in [-0.2, 0) is 4.79 Å². The SMILES string of the molecule is CC(=O)Oc1cc(Cl)ccc1O. The highest BCUT2D eigenvalue weighted by Crippen LogP contribution is 2.28. The van der Waals surface area contributed by atoms with E-state index < -0.39 is 5.97 Å². The van der Waals surface area contributed by atoms with Gasteiger partial charge in [0, 0.05) is 18.0 Å². The minimum atomic E-state index is -0.493. The maximum Gasteiger partial charge on any atom is 0.308 e. The van der Waals surface area contributed by atoms with Crippen LogP contribution in [0.15, 0.2) is 18.2 Å². The third kappa shape index (κ3) is 2.13. The number of rotatable bonds is 1. The maximum atomic E-state index is 10.5. The molecule has 1 rings (SSSR count). The van der Waals surface area contributed by atoms with Gasteiger partial charge in [0.1, 0.15) is 0 Å². The van der Waals surface area contributed by atoms with E-state index in [4.69, 9.17) is 16.7 Å². The van der Waals surface area contributed by atoms with E-state index in [-0.39, 0.29) is 11.5 Å². The standard InChI is InChI=1S/C8H7ClO3/c1-5(10)12-8-4-6(9)2-3-7(8)11/h2-4,11H,1H3. The quantitative estimate of drug-likeness (QED) is 0.539. The number of hydrogen-bond donors (Lipinski definition) is 1. The van der Waals surface area contributed by atoms with Crippen LogP contribution in [0.1, 0.15) is 6.92 Å². The van der Waals surface area contributed by atoms with E-state index in [0.717, 1.165) is 0 Å². The zero-order valence-electron chi connectivity index (χ0n) is 6.37. The molecule has 1 aromatic rings. The van der Waals surface area contributed by atoms with Gasteiger partial charge in [-0.3, -0.25) is 4.79 Å². The Morgan fingerprint density at radius 3 is 2.83 bits per heavy atom. The van der Waals surface area contributed by atoms with Crippen molar-refractivity contribution < 1.29 is 14.6 Å². The van der Waals surface area contributed by atoms with Gasteiger partial charge in [-0.25, -0.2) is 0 Å². The minimum absolute atomic E-state index is 0.0787. The lowest BCUT2D eigenvalue weighted by Gasteiger charge is -2.03. The van der Waals surface area contributed by atoms with Gasteiger partial charge in [0.15, 0.2) is 11.5 Å². The highest BCUT2D eigenvalue weighted by Gasteiger charge is 2.04. The lowest BCUT2D eigenvalue weighted by Crippen LogP contribution is -2.01. The zero-order chi connectivity index (χ0) is 9.14. The molecule has 0 saturated heterocycles. The van der Waals surface area contributed by atoms with Gasteiger partial charge in [0.05, 0.1) is 0 Å². The summed E-state index contributed by atoms with van der Waals surface area (Å²) in [6.45, 7) is 1.25. The van der Waals surface area contributed by atoms with Crippen LogP contribution in [0.5, 0.6) is 11.5 Å². The molecule has 0 unspecified atom stereocenters. The topological polar surface area (TPSA) is 46.5 Å². The highest BCUT2D eigenvalue weighted by molar-refractivity contribution is 6.30. The van der Waals surface area contributed by atoms with Crippen LogP contribution < -0.4 is 4.74 Å². The summed E-state index contributed by atoms with van der Waals surface area (Å²) in [5.74, 6) is -0.517. The second-order valence-corrected chi connectivity index (χ2v) is 2.64. The second-order valence-electron chi connectivity index (χ2n) is 2.21. The first-order valence-corrected chi connectivity index (χ1v) is 3.64. The number of aromatic hydroxyl groups is 1. The molecule has 0 radical (unpaired) electrons. The molecule has 4 heteroatoms. The first-order chi connectivity index (χ1) is 5.59. The van der Waals surface area contributed by atoms with Crippen LogP contribution in [0.25, 0.3) is 0 Å². The molecule has 0 atom stereocenters. The second kappa shape index (κ2) is 3.45. The van der Waals surface area contributed by atoms with Gasteiger partial charge in [-0.2, -0.15) is 0 Å². The van der Waals surface area contributed by atoms with Crippen LogP contribution in [0.3, 0.4) is 0 Å². The van der Waals surface area contributed by atoms with Gasteiger partial charge in [-0.15, -0.1) is 0 Å². The van der Waals surface area contributed by atoms with Gasteiger partial charge in [-0.1, -0.05) is 11.6 Å². The molecule has 0 aromatic heterocycles. The molecule has 3 nitrogen and oxygen atoms in total. The first kappa shape index (κ1) is 8.87. The van der Waals surface area contributed by atoms with Crippen molar-refractivity contribution in [2.45, 2.75) is 6.92 Å². The van der Waals surface area contributed by atoms with Crippen molar-refractivity contribution in [3.63, 3.8) is 0 Å². The highest BCUT2D eigenvalue weighted by atomic mass is 35.5. The lowest BCUT2D eigenvalue weighted by atomic mass is 10.3. The Hall–Kier alpha value is -1.22. The molecule has 0 saturated carbocycles. The molecule has 1 aromatic carbocycles. The van der Waals surface area contributed by atoms with Gasteiger partial charge < -0.3 is 9.84 Å². The molecule has 0 amide bonds. The summed E-state index contributed by atoms with van der Waals surface area (Å²) in [7, 11) is 0. The molecule has 0 aliphatic carbocycles. The Morgan fingerprint density at radius 1 is 1.58 bits per heavy atom. The Kier molecular flexibility index (Phi) is 2.55. The lowest BCUT2D eigenvalue weighted by molar-refractivity contribution is -0.132. The van der Waals surface area contributed by atoms with E-state index in [1.165, 1.54) is 25.1 Å². The Morgan fingerprint density at radius 2 is 2.25 bits per heavy atom. The summed E-state index contributed by atoms with van der Waals surface area (Å²) in [5, 5.41) is 9.55. The number of phenolic OH excluding ortho intramolecular Hbond substituents is 1. The zero-order valence-corrected chi connectivity index (χ0v) is 7.13. The monoisotopic (exact) mass is 186 g/mol. The number of phenols is 1. The van der Waals surface area contributed by atoms with Gasteiger partial charge in [0.25, 0.3) is 0 Å². The van der Waals surface area contributed by atoms with Crippen LogP contribution in [-0.4, -0.2) is 11.1 Å². The van der Waals surface area contributed by atoms with Gasteiger partial charge in [0.2, 0.25) is 0 Å². The summed E-state index contributed by atoms with van der Waals surface area (Å²) in [6, 6.07) is 4.24. The number of esters is 1. The fourth-order valence-corrected chi connectivity index (χ4v) is 0.887. The van der Waals surface area contributed by atoms with Crippen LogP contribution in [0, 0.1) is 0 Å². The molecule has 0 spiro atoms. The van der Waals surface area contributed by atoms with Crippen LogP contribution in [0.4, 0.5) is 0 Å². The summed E-state index contributed by atoms with van der Waals surface area (Å²) >= 11 is 5.60. The molecule has 1 N–H and O–H groups in total. The average Bonchev–Trinajstić information content (AvgIpc) is 1.96. The van der Waals surface area contributed by atoms with Crippen LogP contribution in [0.2, 0.25) is 5.02 Å². The Labute approximate surface area is 74.5 Å². The smallest absolute Gasteiger partial charge is 0.308 e. The predicted molar refractivity (Wildman–Crippen MR) is 44.4 cm³/mol. The maximum absolute atomic E-state index is 10.5. The summed E-state index contributed by atoms with van der Waals surface area (Å²) in [5.41, 5.74) is 0. The van der Waals surface area contributed by atoms with E-state index in [9.17, 15) is 4.79 Å². The summed E-state index contributed by atoms with van der Waals surface area (Å²) in [6.07, 6.45) is 0. The molecule has 0 bridgehead atoms. The van der Waals surface area contributed by atoms with E-state index in [0.29, 0.717) is 5.02 Å². The molecule has 0 fully saturated rings. The van der Waals surface area contributed by atoms with Crippen molar-refractivity contribution in [3.05, 3.63) is 23.2 Å². The number of carbonyl (C=O) groups is 1. The summed E-state index contributed by atoms with van der Waals surface area (Å²) in [4.78, 5) is 10.5. The third-order valence-electron chi connectivity index (χ3n) is 1.18. The number of carbonyl (C=O) groups excluding carboxylic acids is 1. The van der Waals surface area contributed by atoms with Crippen molar-refractivity contribution in [1.29, 1.82) is 0 Å². The van der Waals surface area contributed by atoms with Gasteiger partial charge in [-0.05, 0) is 12.1 Å². The van der Waals surface area contributed by atoms with Crippen LogP contribution >= 0.6 is 11.6 Å². The van der Waals surface area contributed by atoms with Crippen molar-refractivity contribution in [2.75, 3.05) is 0 Å². The molecule has 12 heavy (non-hydrogen) atoms. The first-order valence-electron chi connectivity index (χ1n) is 3.26. The third-order valence-corrected chi connectivity index (χ3v) is 1.41. The Balaban J connectivity index is 2.97. The minimum Gasteiger partial charge on any atom is -0.504 e. The number of hydrogen-bond acceptors (Lipinski definition) is 3. The number of benzene rings is 1. The Bertz CT molecular complexity index is 309. The molecule has 0 aliphatic rings. The van der Waals surface area contributed by atoms with Crippen molar-refractivity contribution in [1.82, 2.24) is 0 Å². The molecular weight excluding hydrogens is 180 g/mol. The molecule has 0 heterocycles. The molecule has 0 aliphatic heterocycles. The number of ether oxygens (including phenoxy) is 1. The fourth-order valence-electron chi connectivity index (χ4n) is 0.725. The van der Waals surface area contributed by atoms with E-state index >= 15 is 0 Å². The van der Waals surface area contributed by atoms with E-state index in [1.807, 2.05) is 0 Å². The summed E-state index contributed by atoms with van der Waals surface area (Å²) < 4.78 is 4.65. The normalized spacial score (nSPS) is 9.50. The average molecular weight is 187 g/mol. The molecular formula is C8H7ClO3. The largest absolute Gasteiger partial charge is 0.504 e. The van der Waals surface area contributed by atoms with Gasteiger partial charge >= 0.3 is 5.97 Å². The van der Waals surface area contributed by atoms with Crippen molar-refractivity contribution in [2.24, 2.45) is 0 Å². The fraction of sp³-hybridized carbons (Fsp3) is 0.125. The van der Waals surface area contributed by atoms with Crippen molar-refractivity contribution >= 4 is 17.6 Å². The number of halogens is 1. The predicted octanol–water partition coefficient (Wildman–Crippen LogP) is 1.97. The van der Waals surface area contributed by atoms with Crippen molar-refractivity contribution in [3.8, 4) is 11.5 Å².